The quantitative estimate of drug-likeness (QED) is 0.223. The lowest BCUT2D eigenvalue weighted by atomic mass is 10.0. The zero-order valence-corrected chi connectivity index (χ0v) is 23.0. The largest absolute Gasteiger partial charge is 0.369 e. The van der Waals surface area contributed by atoms with Crippen molar-refractivity contribution in [2.24, 2.45) is 0 Å². The average molecular weight is 565 g/mol. The maximum atomic E-state index is 15.4. The van der Waals surface area contributed by atoms with E-state index >= 15 is 4.39 Å². The molecule has 0 aliphatic heterocycles. The predicted molar refractivity (Wildman–Crippen MR) is 151 cm³/mol. The number of aromatic nitrogens is 4. The Labute approximate surface area is 233 Å². The van der Waals surface area contributed by atoms with Crippen molar-refractivity contribution in [3.05, 3.63) is 115 Å². The van der Waals surface area contributed by atoms with Gasteiger partial charge in [-0.25, -0.2) is 13.6 Å². The molecule has 0 spiro atoms. The first-order valence-electron chi connectivity index (χ1n) is 12.9. The minimum absolute atomic E-state index is 0.0193. The molecule has 0 aliphatic rings. The Kier molecular flexibility index (Phi) is 7.69. The molecule has 5 rings (SSSR count). The third kappa shape index (κ3) is 4.87. The van der Waals surface area contributed by atoms with E-state index < -0.39 is 22.8 Å². The Morgan fingerprint density at radius 1 is 0.950 bits per heavy atom. The number of pyridine rings is 1. The number of rotatable bonds is 8. The predicted octanol–water partition coefficient (Wildman–Crippen LogP) is 6.27. The Morgan fingerprint density at radius 3 is 2.38 bits per heavy atom. The standard InChI is InChI=1S/C30H27ClF2N4O3/c1-4-35-25(17-40-16-19-9-6-5-7-10-19)34-37(30(35)39)29-27(26-22(31)11-8-12-23(26)33)28(38)21-15-20(32)13-14-24(21)36(29)18(2)3/h5-15,18H,4,16-17H2,1-3H3. The smallest absolute Gasteiger partial charge is 0.352 e. The zero-order valence-electron chi connectivity index (χ0n) is 22.2. The summed E-state index contributed by atoms with van der Waals surface area (Å²) in [5, 5.41) is 4.58. The van der Waals surface area contributed by atoms with Gasteiger partial charge in [0.15, 0.2) is 17.1 Å². The summed E-state index contributed by atoms with van der Waals surface area (Å²) in [6.07, 6.45) is 0. The molecule has 0 amide bonds. The summed E-state index contributed by atoms with van der Waals surface area (Å²) in [6, 6.07) is 17.1. The van der Waals surface area contributed by atoms with E-state index in [9.17, 15) is 14.0 Å². The molecule has 5 aromatic rings. The van der Waals surface area contributed by atoms with Crippen LogP contribution in [0.2, 0.25) is 5.02 Å². The second-order valence-electron chi connectivity index (χ2n) is 9.58. The van der Waals surface area contributed by atoms with Gasteiger partial charge < -0.3 is 9.30 Å². The SMILES string of the molecule is CCn1c(COCc2ccccc2)nn(-c2c(-c3c(F)cccc3Cl)c(=O)c3cc(F)ccc3n2C(C)C)c1=O. The maximum absolute atomic E-state index is 15.4. The van der Waals surface area contributed by atoms with E-state index in [4.69, 9.17) is 16.3 Å². The fourth-order valence-corrected chi connectivity index (χ4v) is 5.15. The normalized spacial score (nSPS) is 11.6. The van der Waals surface area contributed by atoms with Crippen molar-refractivity contribution >= 4 is 22.5 Å². The van der Waals surface area contributed by atoms with Crippen molar-refractivity contribution in [2.45, 2.75) is 46.6 Å². The lowest BCUT2D eigenvalue weighted by molar-refractivity contribution is 0.0989. The Morgan fingerprint density at radius 2 is 1.70 bits per heavy atom. The molecular formula is C30H27ClF2N4O3. The van der Waals surface area contributed by atoms with Crippen LogP contribution in [0.1, 0.15) is 38.2 Å². The van der Waals surface area contributed by atoms with Crippen LogP contribution < -0.4 is 11.1 Å². The topological polar surface area (TPSA) is 71.0 Å². The number of nitrogens with zero attached hydrogens (tertiary/aromatic N) is 4. The Bertz CT molecular complexity index is 1810. The molecular weight excluding hydrogens is 538 g/mol. The van der Waals surface area contributed by atoms with Gasteiger partial charge >= 0.3 is 5.69 Å². The van der Waals surface area contributed by atoms with Crippen LogP contribution in [0.5, 0.6) is 0 Å². The van der Waals surface area contributed by atoms with Crippen molar-refractivity contribution in [1.82, 2.24) is 18.9 Å². The molecule has 0 aliphatic carbocycles. The number of hydrogen-bond acceptors (Lipinski definition) is 4. The molecule has 3 aromatic carbocycles. The second kappa shape index (κ2) is 11.2. The Hall–Kier alpha value is -4.08. The first-order chi connectivity index (χ1) is 19.2. The van der Waals surface area contributed by atoms with Crippen LogP contribution in [-0.4, -0.2) is 18.9 Å². The zero-order chi connectivity index (χ0) is 28.6. The molecule has 0 bridgehead atoms. The van der Waals surface area contributed by atoms with Gasteiger partial charge in [-0.1, -0.05) is 48.0 Å². The van der Waals surface area contributed by atoms with Crippen LogP contribution in [-0.2, 0) is 24.5 Å². The van der Waals surface area contributed by atoms with E-state index in [0.717, 1.165) is 16.3 Å². The minimum Gasteiger partial charge on any atom is -0.369 e. The average Bonchev–Trinajstić information content (AvgIpc) is 3.24. The van der Waals surface area contributed by atoms with Gasteiger partial charge in [0.2, 0.25) is 0 Å². The van der Waals surface area contributed by atoms with Crippen LogP contribution >= 0.6 is 11.6 Å². The molecule has 2 aromatic heterocycles. The molecule has 0 saturated carbocycles. The lowest BCUT2D eigenvalue weighted by Gasteiger charge is -2.23. The maximum Gasteiger partial charge on any atom is 0.352 e. The molecule has 0 saturated heterocycles. The molecule has 40 heavy (non-hydrogen) atoms. The molecule has 10 heteroatoms. The van der Waals surface area contributed by atoms with E-state index in [1.807, 2.05) is 44.2 Å². The minimum atomic E-state index is -0.758. The van der Waals surface area contributed by atoms with Gasteiger partial charge in [-0.05, 0) is 56.7 Å². The number of ether oxygens (including phenoxy) is 1. The van der Waals surface area contributed by atoms with Crippen molar-refractivity contribution in [3.8, 4) is 16.9 Å². The molecule has 0 unspecified atom stereocenters. The van der Waals surface area contributed by atoms with E-state index in [2.05, 4.69) is 5.10 Å². The summed E-state index contributed by atoms with van der Waals surface area (Å²) in [7, 11) is 0. The first-order valence-corrected chi connectivity index (χ1v) is 13.2. The van der Waals surface area contributed by atoms with Crippen LogP contribution in [0, 0.1) is 11.6 Å². The number of fused-ring (bicyclic) bond motifs is 1. The summed E-state index contributed by atoms with van der Waals surface area (Å²) < 4.78 is 39.8. The van der Waals surface area contributed by atoms with E-state index in [1.54, 1.807) is 11.5 Å². The van der Waals surface area contributed by atoms with Crippen molar-refractivity contribution < 1.29 is 13.5 Å². The van der Waals surface area contributed by atoms with Gasteiger partial charge in [0.05, 0.1) is 22.7 Å². The molecule has 7 nitrogen and oxygen atoms in total. The van der Waals surface area contributed by atoms with Crippen LogP contribution in [0.25, 0.3) is 27.8 Å². The third-order valence-corrected chi connectivity index (χ3v) is 6.98. The van der Waals surface area contributed by atoms with Gasteiger partial charge in [-0.3, -0.25) is 9.36 Å². The first kappa shape index (κ1) is 27.5. The van der Waals surface area contributed by atoms with Crippen molar-refractivity contribution in [2.75, 3.05) is 0 Å². The summed E-state index contributed by atoms with van der Waals surface area (Å²) in [6.45, 7) is 6.08. The fraction of sp³-hybridized carbons (Fsp3) is 0.233. The van der Waals surface area contributed by atoms with Crippen LogP contribution in [0.4, 0.5) is 8.78 Å². The van der Waals surface area contributed by atoms with E-state index in [-0.39, 0.29) is 46.5 Å². The monoisotopic (exact) mass is 564 g/mol. The molecule has 0 atom stereocenters. The van der Waals surface area contributed by atoms with Crippen molar-refractivity contribution in [3.63, 3.8) is 0 Å². The molecule has 206 valence electrons. The Balaban J connectivity index is 1.80. The van der Waals surface area contributed by atoms with Gasteiger partial charge in [0.1, 0.15) is 18.2 Å². The van der Waals surface area contributed by atoms with E-state index in [1.165, 1.54) is 34.9 Å². The van der Waals surface area contributed by atoms with Crippen LogP contribution in [0.15, 0.2) is 76.3 Å². The number of hydrogen-bond donors (Lipinski definition) is 0. The summed E-state index contributed by atoms with van der Waals surface area (Å²) in [4.78, 5) is 27.8. The summed E-state index contributed by atoms with van der Waals surface area (Å²) in [5.74, 6) is -1.02. The highest BCUT2D eigenvalue weighted by atomic mass is 35.5. The highest BCUT2D eigenvalue weighted by Gasteiger charge is 2.28. The highest BCUT2D eigenvalue weighted by Crippen LogP contribution is 2.35. The lowest BCUT2D eigenvalue weighted by Crippen LogP contribution is -2.30. The second-order valence-corrected chi connectivity index (χ2v) is 9.99. The third-order valence-electron chi connectivity index (χ3n) is 6.67. The summed E-state index contributed by atoms with van der Waals surface area (Å²) in [5.41, 5.74) is -0.260. The van der Waals surface area contributed by atoms with Crippen LogP contribution in [0.3, 0.4) is 0 Å². The number of benzene rings is 3. The van der Waals surface area contributed by atoms with Gasteiger partial charge in [-0.2, -0.15) is 4.68 Å². The van der Waals surface area contributed by atoms with E-state index in [0.29, 0.717) is 17.9 Å². The van der Waals surface area contributed by atoms with Crippen molar-refractivity contribution in [1.29, 1.82) is 0 Å². The fourth-order valence-electron chi connectivity index (χ4n) is 4.90. The highest BCUT2D eigenvalue weighted by molar-refractivity contribution is 6.33. The summed E-state index contributed by atoms with van der Waals surface area (Å²) >= 11 is 6.44. The molecule has 2 heterocycles. The van der Waals surface area contributed by atoms with Gasteiger partial charge in [0, 0.05) is 23.5 Å². The number of halogens is 3. The molecule has 0 radical (unpaired) electrons. The molecule has 0 N–H and O–H groups in total. The van der Waals surface area contributed by atoms with Gasteiger partial charge in [-0.15, -0.1) is 5.10 Å². The van der Waals surface area contributed by atoms with Gasteiger partial charge in [0.25, 0.3) is 0 Å². The molecule has 0 fully saturated rings.